The largest absolute Gasteiger partial charge is 0.215 e. The number of thioether (sulfide) groups is 1. The maximum absolute atomic E-state index is 8.68. The first kappa shape index (κ1) is 11.0. The van der Waals surface area contributed by atoms with Crippen LogP contribution in [0.4, 0.5) is 0 Å². The lowest BCUT2D eigenvalue weighted by Gasteiger charge is -2.19. The van der Waals surface area contributed by atoms with Crippen molar-refractivity contribution in [2.45, 2.75) is 43.6 Å². The van der Waals surface area contributed by atoms with Crippen molar-refractivity contribution in [3.05, 3.63) is 0 Å². The maximum atomic E-state index is 8.68. The average molecular weight is 211 g/mol. The SMILES string of the molecule is C[C@@H](C#N)Sc1nnnn1C(C)(C)C. The van der Waals surface area contributed by atoms with E-state index in [2.05, 4.69) is 21.6 Å². The monoisotopic (exact) mass is 211 g/mol. The van der Waals surface area contributed by atoms with Gasteiger partial charge in [-0.25, -0.2) is 4.68 Å². The molecular weight excluding hydrogens is 198 g/mol. The van der Waals surface area contributed by atoms with Gasteiger partial charge in [0.25, 0.3) is 0 Å². The van der Waals surface area contributed by atoms with Gasteiger partial charge in [0.05, 0.1) is 16.9 Å². The predicted molar refractivity (Wildman–Crippen MR) is 53.7 cm³/mol. The minimum atomic E-state index is -0.152. The molecule has 1 heterocycles. The molecule has 0 radical (unpaired) electrons. The van der Waals surface area contributed by atoms with Crippen molar-refractivity contribution in [2.24, 2.45) is 0 Å². The van der Waals surface area contributed by atoms with Crippen molar-refractivity contribution in [2.75, 3.05) is 0 Å². The van der Waals surface area contributed by atoms with E-state index in [1.165, 1.54) is 11.8 Å². The van der Waals surface area contributed by atoms with Crippen LogP contribution in [0.15, 0.2) is 5.16 Å². The van der Waals surface area contributed by atoms with E-state index >= 15 is 0 Å². The van der Waals surface area contributed by atoms with Crippen LogP contribution in [-0.4, -0.2) is 25.5 Å². The summed E-state index contributed by atoms with van der Waals surface area (Å²) in [6.07, 6.45) is 0. The first-order valence-electron chi connectivity index (χ1n) is 4.30. The van der Waals surface area contributed by atoms with Gasteiger partial charge in [0.15, 0.2) is 0 Å². The van der Waals surface area contributed by atoms with Crippen LogP contribution in [-0.2, 0) is 5.54 Å². The molecule has 0 saturated carbocycles. The Bertz CT molecular complexity index is 345. The third kappa shape index (κ3) is 2.45. The normalized spacial score (nSPS) is 13.6. The van der Waals surface area contributed by atoms with Crippen molar-refractivity contribution < 1.29 is 0 Å². The van der Waals surface area contributed by atoms with Crippen molar-refractivity contribution in [1.29, 1.82) is 5.26 Å². The van der Waals surface area contributed by atoms with E-state index in [9.17, 15) is 0 Å². The quantitative estimate of drug-likeness (QED) is 0.692. The van der Waals surface area contributed by atoms with Gasteiger partial charge in [0.1, 0.15) is 0 Å². The van der Waals surface area contributed by atoms with E-state index in [-0.39, 0.29) is 10.8 Å². The highest BCUT2D eigenvalue weighted by molar-refractivity contribution is 8.00. The van der Waals surface area contributed by atoms with Crippen LogP contribution < -0.4 is 0 Å². The summed E-state index contributed by atoms with van der Waals surface area (Å²) >= 11 is 1.37. The number of rotatable bonds is 2. The molecule has 0 unspecified atom stereocenters. The predicted octanol–water partition coefficient (Wildman–Crippen LogP) is 1.43. The molecule has 0 aromatic carbocycles. The van der Waals surface area contributed by atoms with E-state index in [1.807, 2.05) is 27.7 Å². The highest BCUT2D eigenvalue weighted by Gasteiger charge is 2.21. The lowest BCUT2D eigenvalue weighted by Crippen LogP contribution is -2.24. The Kier molecular flexibility index (Phi) is 3.11. The maximum Gasteiger partial charge on any atom is 0.211 e. The van der Waals surface area contributed by atoms with Gasteiger partial charge in [-0.3, -0.25) is 0 Å². The third-order valence-corrected chi connectivity index (χ3v) is 2.46. The molecule has 0 N–H and O–H groups in total. The van der Waals surface area contributed by atoms with E-state index in [1.54, 1.807) is 4.68 Å². The fourth-order valence-corrected chi connectivity index (χ4v) is 1.72. The lowest BCUT2D eigenvalue weighted by molar-refractivity contribution is 0.321. The molecule has 0 aliphatic carbocycles. The third-order valence-electron chi connectivity index (χ3n) is 1.54. The van der Waals surface area contributed by atoms with Gasteiger partial charge in [-0.15, -0.1) is 5.10 Å². The zero-order valence-corrected chi connectivity index (χ0v) is 9.54. The van der Waals surface area contributed by atoms with Crippen molar-refractivity contribution >= 4 is 11.8 Å². The second kappa shape index (κ2) is 3.96. The fourth-order valence-electron chi connectivity index (χ4n) is 0.858. The summed E-state index contributed by atoms with van der Waals surface area (Å²) in [4.78, 5) is 0. The Balaban J connectivity index is 2.90. The zero-order valence-electron chi connectivity index (χ0n) is 8.72. The summed E-state index contributed by atoms with van der Waals surface area (Å²) in [6.45, 7) is 7.88. The molecule has 0 aliphatic rings. The number of nitrogens with zero attached hydrogens (tertiary/aromatic N) is 5. The molecule has 1 rings (SSSR count). The lowest BCUT2D eigenvalue weighted by atomic mass is 10.1. The molecule has 76 valence electrons. The van der Waals surface area contributed by atoms with E-state index in [0.29, 0.717) is 5.16 Å². The summed E-state index contributed by atoms with van der Waals surface area (Å²) in [5, 5.41) is 20.6. The molecule has 1 aromatic heterocycles. The second-order valence-corrected chi connectivity index (χ2v) is 5.24. The Morgan fingerprint density at radius 2 is 2.14 bits per heavy atom. The highest BCUT2D eigenvalue weighted by Crippen LogP contribution is 2.24. The molecule has 1 atom stereocenters. The molecular formula is C8H13N5S. The van der Waals surface area contributed by atoms with Crippen LogP contribution in [0, 0.1) is 11.3 Å². The Labute approximate surface area is 87.5 Å². The number of hydrogen-bond donors (Lipinski definition) is 0. The van der Waals surface area contributed by atoms with Crippen molar-refractivity contribution in [3.8, 4) is 6.07 Å². The topological polar surface area (TPSA) is 67.4 Å². The van der Waals surface area contributed by atoms with Crippen LogP contribution in [0.5, 0.6) is 0 Å². The van der Waals surface area contributed by atoms with Gasteiger partial charge in [-0.2, -0.15) is 5.26 Å². The first-order chi connectivity index (χ1) is 6.45. The zero-order chi connectivity index (χ0) is 10.8. The molecule has 5 nitrogen and oxygen atoms in total. The molecule has 14 heavy (non-hydrogen) atoms. The van der Waals surface area contributed by atoms with Gasteiger partial charge in [0.2, 0.25) is 5.16 Å². The van der Waals surface area contributed by atoms with E-state index < -0.39 is 0 Å². The summed E-state index contributed by atoms with van der Waals surface area (Å²) in [6, 6.07) is 2.14. The van der Waals surface area contributed by atoms with Crippen LogP contribution in [0.1, 0.15) is 27.7 Å². The molecule has 0 spiro atoms. The fraction of sp³-hybridized carbons (Fsp3) is 0.750. The molecule has 0 bridgehead atoms. The second-order valence-electron chi connectivity index (χ2n) is 3.93. The molecule has 0 amide bonds. The number of aromatic nitrogens is 4. The summed E-state index contributed by atoms with van der Waals surface area (Å²) < 4.78 is 1.73. The highest BCUT2D eigenvalue weighted by atomic mass is 32.2. The minimum Gasteiger partial charge on any atom is -0.215 e. The van der Waals surface area contributed by atoms with Gasteiger partial charge < -0.3 is 0 Å². The Morgan fingerprint density at radius 1 is 1.50 bits per heavy atom. The van der Waals surface area contributed by atoms with Gasteiger partial charge in [0, 0.05) is 0 Å². The molecule has 0 saturated heterocycles. The Morgan fingerprint density at radius 3 is 2.64 bits per heavy atom. The number of hydrogen-bond acceptors (Lipinski definition) is 5. The summed E-state index contributed by atoms with van der Waals surface area (Å²) in [7, 11) is 0. The van der Waals surface area contributed by atoms with Gasteiger partial charge in [-0.05, 0) is 38.1 Å². The van der Waals surface area contributed by atoms with E-state index in [0.717, 1.165) is 0 Å². The average Bonchev–Trinajstić information content (AvgIpc) is 2.51. The minimum absolute atomic E-state index is 0.137. The van der Waals surface area contributed by atoms with Crippen LogP contribution in [0.2, 0.25) is 0 Å². The van der Waals surface area contributed by atoms with Crippen LogP contribution in [0.25, 0.3) is 0 Å². The number of nitriles is 1. The van der Waals surface area contributed by atoms with Crippen molar-refractivity contribution in [3.63, 3.8) is 0 Å². The van der Waals surface area contributed by atoms with Crippen LogP contribution >= 0.6 is 11.8 Å². The van der Waals surface area contributed by atoms with Crippen molar-refractivity contribution in [1.82, 2.24) is 20.2 Å². The standard InChI is InChI=1S/C8H13N5S/c1-6(5-9)14-7-10-11-12-13(7)8(2,3)4/h6H,1-4H3/t6-/m0/s1. The smallest absolute Gasteiger partial charge is 0.211 e. The molecule has 0 aliphatic heterocycles. The summed E-state index contributed by atoms with van der Waals surface area (Å²) in [5.74, 6) is 0. The Hall–Kier alpha value is -1.09. The first-order valence-corrected chi connectivity index (χ1v) is 5.18. The molecule has 0 fully saturated rings. The van der Waals surface area contributed by atoms with Gasteiger partial charge in [-0.1, -0.05) is 11.8 Å². The van der Waals surface area contributed by atoms with Crippen LogP contribution in [0.3, 0.4) is 0 Å². The molecule has 6 heteroatoms. The van der Waals surface area contributed by atoms with Gasteiger partial charge >= 0.3 is 0 Å². The molecule has 1 aromatic rings. The van der Waals surface area contributed by atoms with E-state index in [4.69, 9.17) is 5.26 Å². The number of tetrazole rings is 1. The summed E-state index contributed by atoms with van der Waals surface area (Å²) in [5.41, 5.74) is -0.152.